The van der Waals surface area contributed by atoms with Crippen LogP contribution in [-0.2, 0) is 0 Å². The monoisotopic (exact) mass is 383 g/mol. The topological polar surface area (TPSA) is 61.4 Å². The van der Waals surface area contributed by atoms with Crippen LogP contribution in [0.5, 0.6) is 0 Å². The largest absolute Gasteiger partial charge is 0.355 e. The lowest BCUT2D eigenvalue weighted by Gasteiger charge is -2.27. The first kappa shape index (κ1) is 19.0. The highest BCUT2D eigenvalue weighted by molar-refractivity contribution is 6.34. The number of carbonyl (C=O) groups excluding carboxylic acids is 2. The molecular formula is C21H22ClN3O2. The molecule has 1 heterocycles. The van der Waals surface area contributed by atoms with Crippen LogP contribution in [0.2, 0.25) is 5.02 Å². The highest BCUT2D eigenvalue weighted by Crippen LogP contribution is 2.24. The summed E-state index contributed by atoms with van der Waals surface area (Å²) < 4.78 is 0. The second-order valence-corrected chi connectivity index (χ2v) is 6.91. The van der Waals surface area contributed by atoms with Gasteiger partial charge < -0.3 is 15.5 Å². The zero-order valence-corrected chi connectivity index (χ0v) is 16.1. The van der Waals surface area contributed by atoms with E-state index in [-0.39, 0.29) is 11.9 Å². The lowest BCUT2D eigenvalue weighted by atomic mass is 9.98. The molecule has 0 aromatic heterocycles. The minimum Gasteiger partial charge on any atom is -0.355 e. The number of aryl methyl sites for hydroxylation is 1. The Morgan fingerprint density at radius 3 is 2.63 bits per heavy atom. The first-order chi connectivity index (χ1) is 13.0. The number of rotatable bonds is 3. The molecule has 3 rings (SSSR count). The number of benzene rings is 2. The van der Waals surface area contributed by atoms with E-state index in [1.165, 1.54) is 23.7 Å². The number of amides is 3. The molecule has 0 fully saturated rings. The normalized spacial score (nSPS) is 13.7. The number of hydrogen-bond acceptors (Lipinski definition) is 2. The van der Waals surface area contributed by atoms with Gasteiger partial charge in [0, 0.05) is 25.8 Å². The van der Waals surface area contributed by atoms with E-state index in [2.05, 4.69) is 47.9 Å². The van der Waals surface area contributed by atoms with Gasteiger partial charge in [-0.3, -0.25) is 4.79 Å². The molecule has 0 spiro atoms. The van der Waals surface area contributed by atoms with Gasteiger partial charge in [-0.1, -0.05) is 47.5 Å². The second-order valence-electron chi connectivity index (χ2n) is 6.50. The van der Waals surface area contributed by atoms with Crippen LogP contribution in [0.3, 0.4) is 0 Å². The van der Waals surface area contributed by atoms with Crippen molar-refractivity contribution in [2.45, 2.75) is 13.3 Å². The number of carbonyl (C=O) groups is 2. The zero-order chi connectivity index (χ0) is 19.4. The molecule has 0 atom stereocenters. The maximum Gasteiger partial charge on any atom is 0.322 e. The summed E-state index contributed by atoms with van der Waals surface area (Å²) in [5.74, 6) is -0.292. The summed E-state index contributed by atoms with van der Waals surface area (Å²) in [4.78, 5) is 26.1. The number of nitrogens with zero attached hydrogens (tertiary/aromatic N) is 1. The van der Waals surface area contributed by atoms with Crippen LogP contribution in [-0.4, -0.2) is 37.0 Å². The molecular weight excluding hydrogens is 362 g/mol. The smallest absolute Gasteiger partial charge is 0.322 e. The number of hydrogen-bond donors (Lipinski definition) is 2. The predicted octanol–water partition coefficient (Wildman–Crippen LogP) is 4.33. The first-order valence-electron chi connectivity index (χ1n) is 8.81. The molecule has 0 saturated carbocycles. The highest BCUT2D eigenvalue weighted by Gasteiger charge is 2.19. The summed E-state index contributed by atoms with van der Waals surface area (Å²) in [7, 11) is 1.54. The van der Waals surface area contributed by atoms with E-state index >= 15 is 0 Å². The second kappa shape index (κ2) is 8.27. The van der Waals surface area contributed by atoms with Crippen LogP contribution in [0.1, 0.15) is 27.9 Å². The van der Waals surface area contributed by atoms with E-state index < -0.39 is 0 Å². The average molecular weight is 384 g/mol. The Labute approximate surface area is 164 Å². The molecule has 1 aliphatic heterocycles. The van der Waals surface area contributed by atoms with Crippen molar-refractivity contribution in [3.63, 3.8) is 0 Å². The van der Waals surface area contributed by atoms with E-state index in [0.29, 0.717) is 29.4 Å². The molecule has 0 radical (unpaired) electrons. The van der Waals surface area contributed by atoms with Crippen LogP contribution in [0.25, 0.3) is 5.57 Å². The SMILES string of the molecule is CNC(=O)c1cc(NC(=O)N2CC=C(c3cccc(C)c3)CC2)ccc1Cl. The maximum absolute atomic E-state index is 12.6. The molecule has 2 aromatic carbocycles. The summed E-state index contributed by atoms with van der Waals surface area (Å²) in [5.41, 5.74) is 4.57. The molecule has 0 saturated heterocycles. The lowest BCUT2D eigenvalue weighted by Crippen LogP contribution is -2.38. The van der Waals surface area contributed by atoms with Gasteiger partial charge in [-0.05, 0) is 42.7 Å². The number of nitrogens with one attached hydrogen (secondary N) is 2. The van der Waals surface area contributed by atoms with Crippen LogP contribution in [0, 0.1) is 6.92 Å². The third-order valence-electron chi connectivity index (χ3n) is 4.57. The third-order valence-corrected chi connectivity index (χ3v) is 4.90. The third kappa shape index (κ3) is 4.49. The van der Waals surface area contributed by atoms with E-state index in [1.807, 2.05) is 0 Å². The van der Waals surface area contributed by atoms with Crippen molar-refractivity contribution in [1.29, 1.82) is 0 Å². The van der Waals surface area contributed by atoms with Crippen molar-refractivity contribution >= 4 is 34.8 Å². The van der Waals surface area contributed by atoms with Gasteiger partial charge >= 0.3 is 6.03 Å². The van der Waals surface area contributed by atoms with E-state index in [4.69, 9.17) is 11.6 Å². The Hall–Kier alpha value is -2.79. The zero-order valence-electron chi connectivity index (χ0n) is 15.4. The molecule has 0 unspecified atom stereocenters. The van der Waals surface area contributed by atoms with Gasteiger partial charge in [-0.2, -0.15) is 0 Å². The quantitative estimate of drug-likeness (QED) is 0.828. The van der Waals surface area contributed by atoms with Gasteiger partial charge in [0.1, 0.15) is 0 Å². The molecule has 6 heteroatoms. The summed E-state index contributed by atoms with van der Waals surface area (Å²) in [6.45, 7) is 3.26. The van der Waals surface area contributed by atoms with Gasteiger partial charge in [-0.15, -0.1) is 0 Å². The Morgan fingerprint density at radius 1 is 1.15 bits per heavy atom. The molecule has 0 bridgehead atoms. The van der Waals surface area contributed by atoms with Gasteiger partial charge in [0.05, 0.1) is 10.6 Å². The first-order valence-corrected chi connectivity index (χ1v) is 9.19. The van der Waals surface area contributed by atoms with Crippen molar-refractivity contribution in [3.8, 4) is 0 Å². The lowest BCUT2D eigenvalue weighted by molar-refractivity contribution is 0.0963. The van der Waals surface area contributed by atoms with Crippen molar-refractivity contribution in [2.24, 2.45) is 0 Å². The molecule has 2 N–H and O–H groups in total. The maximum atomic E-state index is 12.6. The number of urea groups is 1. The molecule has 27 heavy (non-hydrogen) atoms. The van der Waals surface area contributed by atoms with E-state index in [0.717, 1.165) is 6.42 Å². The standard InChI is InChI=1S/C21H22ClN3O2/c1-14-4-3-5-16(12-14)15-8-10-25(11-9-15)21(27)24-17-6-7-19(22)18(13-17)20(26)23-2/h3-8,12-13H,9-11H2,1-2H3,(H,23,26)(H,24,27). The molecule has 140 valence electrons. The Balaban J connectivity index is 1.67. The highest BCUT2D eigenvalue weighted by atomic mass is 35.5. The van der Waals surface area contributed by atoms with Crippen molar-refractivity contribution < 1.29 is 9.59 Å². The molecule has 3 amide bonds. The predicted molar refractivity (Wildman–Crippen MR) is 109 cm³/mol. The molecule has 0 aliphatic carbocycles. The summed E-state index contributed by atoms with van der Waals surface area (Å²) in [5, 5.41) is 5.72. The molecule has 2 aromatic rings. The fraction of sp³-hybridized carbons (Fsp3) is 0.238. The van der Waals surface area contributed by atoms with E-state index in [9.17, 15) is 9.59 Å². The Kier molecular flexibility index (Phi) is 5.81. The minimum atomic E-state index is -0.292. The fourth-order valence-corrected chi connectivity index (χ4v) is 3.28. The Morgan fingerprint density at radius 2 is 1.96 bits per heavy atom. The van der Waals surface area contributed by atoms with E-state index in [1.54, 1.807) is 23.1 Å². The summed E-state index contributed by atoms with van der Waals surface area (Å²) in [6, 6.07) is 13.1. The number of halogens is 1. The van der Waals surface area contributed by atoms with Crippen molar-refractivity contribution in [1.82, 2.24) is 10.2 Å². The summed E-state index contributed by atoms with van der Waals surface area (Å²) in [6.07, 6.45) is 2.90. The van der Waals surface area contributed by atoms with Crippen LogP contribution in [0.4, 0.5) is 10.5 Å². The molecule has 1 aliphatic rings. The van der Waals surface area contributed by atoms with Gasteiger partial charge in [0.25, 0.3) is 5.91 Å². The number of anilines is 1. The van der Waals surface area contributed by atoms with Gasteiger partial charge in [-0.25, -0.2) is 4.79 Å². The van der Waals surface area contributed by atoms with Crippen LogP contribution in [0.15, 0.2) is 48.5 Å². The minimum absolute atomic E-state index is 0.195. The van der Waals surface area contributed by atoms with Crippen molar-refractivity contribution in [2.75, 3.05) is 25.5 Å². The Bertz CT molecular complexity index is 908. The average Bonchev–Trinajstić information content (AvgIpc) is 2.69. The summed E-state index contributed by atoms with van der Waals surface area (Å²) >= 11 is 6.05. The van der Waals surface area contributed by atoms with Gasteiger partial charge in [0.2, 0.25) is 0 Å². The van der Waals surface area contributed by atoms with Crippen LogP contribution < -0.4 is 10.6 Å². The van der Waals surface area contributed by atoms with Crippen molar-refractivity contribution in [3.05, 3.63) is 70.3 Å². The van der Waals surface area contributed by atoms with Crippen LogP contribution >= 0.6 is 11.6 Å². The fourth-order valence-electron chi connectivity index (χ4n) is 3.07. The van der Waals surface area contributed by atoms with Gasteiger partial charge in [0.15, 0.2) is 0 Å². The molecule has 5 nitrogen and oxygen atoms in total.